The normalized spacial score (nSPS) is 13.3. The zero-order chi connectivity index (χ0) is 16.8. The number of carbonyl (C=O) groups is 1. The number of benzene rings is 2. The van der Waals surface area contributed by atoms with Crippen molar-refractivity contribution in [1.82, 2.24) is 5.32 Å². The van der Waals surface area contributed by atoms with Gasteiger partial charge in [-0.25, -0.2) is 0 Å². The molecule has 4 heteroatoms. The first-order valence-electron chi connectivity index (χ1n) is 7.84. The lowest BCUT2D eigenvalue weighted by atomic mass is 9.93. The van der Waals surface area contributed by atoms with Crippen LogP contribution in [0.1, 0.15) is 40.7 Å². The van der Waals surface area contributed by atoms with E-state index in [0.717, 1.165) is 11.1 Å². The highest BCUT2D eigenvalue weighted by molar-refractivity contribution is 5.96. The number of hydrogen-bond acceptors (Lipinski definition) is 3. The molecule has 122 valence electrons. The lowest BCUT2D eigenvalue weighted by molar-refractivity contribution is 0.0945. The third-order valence-corrected chi connectivity index (χ3v) is 3.91. The Hall–Kier alpha value is -2.33. The SMILES string of the molecule is Cc1ccc(N)cc1C(=O)NCC(CC(C)O)c1ccccc1. The molecule has 0 heterocycles. The van der Waals surface area contributed by atoms with Crippen molar-refractivity contribution in [3.05, 3.63) is 65.2 Å². The van der Waals surface area contributed by atoms with Crippen molar-refractivity contribution in [1.29, 1.82) is 0 Å². The molecular weight excluding hydrogens is 288 g/mol. The molecule has 4 N–H and O–H groups in total. The van der Waals surface area contributed by atoms with Gasteiger partial charge in [0, 0.05) is 23.7 Å². The molecule has 2 unspecified atom stereocenters. The summed E-state index contributed by atoms with van der Waals surface area (Å²) in [5.41, 5.74) is 8.93. The maximum absolute atomic E-state index is 12.4. The predicted octanol–water partition coefficient (Wildman–Crippen LogP) is 2.86. The van der Waals surface area contributed by atoms with Gasteiger partial charge in [0.25, 0.3) is 5.91 Å². The number of nitrogen functional groups attached to an aromatic ring is 1. The Balaban J connectivity index is 2.09. The summed E-state index contributed by atoms with van der Waals surface area (Å²) in [5.74, 6) is -0.0668. The summed E-state index contributed by atoms with van der Waals surface area (Å²) < 4.78 is 0. The zero-order valence-electron chi connectivity index (χ0n) is 13.6. The monoisotopic (exact) mass is 312 g/mol. The number of aliphatic hydroxyl groups is 1. The number of rotatable bonds is 6. The molecule has 0 aliphatic rings. The minimum Gasteiger partial charge on any atom is -0.399 e. The minimum atomic E-state index is -0.425. The number of hydrogen-bond donors (Lipinski definition) is 3. The third kappa shape index (κ3) is 4.83. The lowest BCUT2D eigenvalue weighted by Crippen LogP contribution is -2.30. The van der Waals surface area contributed by atoms with E-state index in [-0.39, 0.29) is 11.8 Å². The van der Waals surface area contributed by atoms with Crippen LogP contribution >= 0.6 is 0 Å². The van der Waals surface area contributed by atoms with Crippen molar-refractivity contribution >= 4 is 11.6 Å². The highest BCUT2D eigenvalue weighted by atomic mass is 16.3. The van der Waals surface area contributed by atoms with Gasteiger partial charge in [-0.2, -0.15) is 0 Å². The number of aryl methyl sites for hydroxylation is 1. The van der Waals surface area contributed by atoms with E-state index >= 15 is 0 Å². The highest BCUT2D eigenvalue weighted by Crippen LogP contribution is 2.21. The summed E-state index contributed by atoms with van der Waals surface area (Å²) in [4.78, 5) is 12.4. The van der Waals surface area contributed by atoms with Gasteiger partial charge in [0.1, 0.15) is 0 Å². The second kappa shape index (κ2) is 7.79. The minimum absolute atomic E-state index is 0.0708. The molecule has 23 heavy (non-hydrogen) atoms. The lowest BCUT2D eigenvalue weighted by Gasteiger charge is -2.20. The third-order valence-electron chi connectivity index (χ3n) is 3.91. The maximum Gasteiger partial charge on any atom is 0.251 e. The molecule has 0 saturated heterocycles. The summed E-state index contributed by atoms with van der Waals surface area (Å²) in [5, 5.41) is 12.7. The van der Waals surface area contributed by atoms with Crippen LogP contribution in [0.2, 0.25) is 0 Å². The molecule has 0 radical (unpaired) electrons. The summed E-state index contributed by atoms with van der Waals surface area (Å²) in [6.45, 7) is 4.13. The smallest absolute Gasteiger partial charge is 0.251 e. The van der Waals surface area contributed by atoms with Crippen molar-refractivity contribution < 1.29 is 9.90 Å². The molecule has 4 nitrogen and oxygen atoms in total. The average molecular weight is 312 g/mol. The van der Waals surface area contributed by atoms with Crippen LogP contribution in [-0.4, -0.2) is 23.7 Å². The van der Waals surface area contributed by atoms with E-state index < -0.39 is 6.10 Å². The summed E-state index contributed by atoms with van der Waals surface area (Å²) in [6, 6.07) is 15.2. The average Bonchev–Trinajstić information content (AvgIpc) is 2.54. The Bertz CT molecular complexity index is 654. The fraction of sp³-hybridized carbons (Fsp3) is 0.316. The van der Waals surface area contributed by atoms with E-state index in [9.17, 15) is 9.90 Å². The molecular formula is C19H24N2O2. The molecule has 0 bridgehead atoms. The van der Waals surface area contributed by atoms with Gasteiger partial charge in [0.2, 0.25) is 0 Å². The molecule has 0 saturated carbocycles. The first-order chi connectivity index (χ1) is 11.0. The predicted molar refractivity (Wildman–Crippen MR) is 93.4 cm³/mol. The van der Waals surface area contributed by atoms with Crippen molar-refractivity contribution in [2.75, 3.05) is 12.3 Å². The highest BCUT2D eigenvalue weighted by Gasteiger charge is 2.16. The number of nitrogens with one attached hydrogen (secondary N) is 1. The first kappa shape index (κ1) is 17.0. The quantitative estimate of drug-likeness (QED) is 0.718. The maximum atomic E-state index is 12.4. The van der Waals surface area contributed by atoms with Gasteiger partial charge in [-0.15, -0.1) is 0 Å². The van der Waals surface area contributed by atoms with Crippen LogP contribution < -0.4 is 11.1 Å². The van der Waals surface area contributed by atoms with Gasteiger partial charge in [-0.05, 0) is 43.5 Å². The number of anilines is 1. The van der Waals surface area contributed by atoms with Crippen LogP contribution in [0.3, 0.4) is 0 Å². The van der Waals surface area contributed by atoms with Crippen LogP contribution in [0.15, 0.2) is 48.5 Å². The van der Waals surface area contributed by atoms with Crippen molar-refractivity contribution in [2.45, 2.75) is 32.3 Å². The largest absolute Gasteiger partial charge is 0.399 e. The van der Waals surface area contributed by atoms with E-state index in [1.54, 1.807) is 19.1 Å². The molecule has 1 amide bonds. The number of amides is 1. The molecule has 2 aromatic carbocycles. The van der Waals surface area contributed by atoms with Crippen molar-refractivity contribution in [3.8, 4) is 0 Å². The van der Waals surface area contributed by atoms with Gasteiger partial charge in [0.05, 0.1) is 6.10 Å². The molecule has 0 fully saturated rings. The molecule has 2 atom stereocenters. The van der Waals surface area contributed by atoms with Gasteiger partial charge >= 0.3 is 0 Å². The Morgan fingerprint density at radius 2 is 1.91 bits per heavy atom. The summed E-state index contributed by atoms with van der Waals surface area (Å²) in [6.07, 6.45) is 0.173. The van der Waals surface area contributed by atoms with Gasteiger partial charge < -0.3 is 16.2 Å². The number of carbonyl (C=O) groups excluding carboxylic acids is 1. The fourth-order valence-corrected chi connectivity index (χ4v) is 2.67. The van der Waals surface area contributed by atoms with Crippen LogP contribution in [0.5, 0.6) is 0 Å². The molecule has 0 aliphatic carbocycles. The number of nitrogens with two attached hydrogens (primary N) is 1. The van der Waals surface area contributed by atoms with Crippen molar-refractivity contribution in [3.63, 3.8) is 0 Å². The second-order valence-corrected chi connectivity index (χ2v) is 5.98. The zero-order valence-corrected chi connectivity index (χ0v) is 13.6. The van der Waals surface area contributed by atoms with E-state index in [1.165, 1.54) is 0 Å². The van der Waals surface area contributed by atoms with Gasteiger partial charge in [-0.3, -0.25) is 4.79 Å². The molecule has 2 rings (SSSR count). The Labute approximate surface area is 137 Å². The topological polar surface area (TPSA) is 75.4 Å². The summed E-state index contributed by atoms with van der Waals surface area (Å²) >= 11 is 0. The van der Waals surface area contributed by atoms with Crippen LogP contribution in [-0.2, 0) is 0 Å². The molecule has 2 aromatic rings. The molecule has 0 spiro atoms. The molecule has 0 aliphatic heterocycles. The second-order valence-electron chi connectivity index (χ2n) is 5.98. The van der Waals surface area contributed by atoms with E-state index in [1.807, 2.05) is 43.3 Å². The Morgan fingerprint density at radius 3 is 2.57 bits per heavy atom. The van der Waals surface area contributed by atoms with Crippen LogP contribution in [0, 0.1) is 6.92 Å². The van der Waals surface area contributed by atoms with E-state index in [4.69, 9.17) is 5.73 Å². The van der Waals surface area contributed by atoms with E-state index in [0.29, 0.717) is 24.2 Å². The van der Waals surface area contributed by atoms with Crippen LogP contribution in [0.4, 0.5) is 5.69 Å². The number of aliphatic hydroxyl groups excluding tert-OH is 1. The van der Waals surface area contributed by atoms with Crippen LogP contribution in [0.25, 0.3) is 0 Å². The standard InChI is InChI=1S/C19H24N2O2/c1-13-8-9-17(20)11-18(13)19(23)21-12-16(10-14(2)22)15-6-4-3-5-7-15/h3-9,11,14,16,22H,10,12,20H2,1-2H3,(H,21,23). The van der Waals surface area contributed by atoms with Gasteiger partial charge in [0.15, 0.2) is 0 Å². The Morgan fingerprint density at radius 1 is 1.22 bits per heavy atom. The molecule has 0 aromatic heterocycles. The summed E-state index contributed by atoms with van der Waals surface area (Å²) in [7, 11) is 0. The van der Waals surface area contributed by atoms with E-state index in [2.05, 4.69) is 5.32 Å². The first-order valence-corrected chi connectivity index (χ1v) is 7.84. The Kier molecular flexibility index (Phi) is 5.77. The van der Waals surface area contributed by atoms with Gasteiger partial charge in [-0.1, -0.05) is 36.4 Å². The fourth-order valence-electron chi connectivity index (χ4n) is 2.67. The van der Waals surface area contributed by atoms with Crippen molar-refractivity contribution in [2.24, 2.45) is 0 Å².